The van der Waals surface area contributed by atoms with E-state index in [1.807, 2.05) is 12.1 Å². The highest BCUT2D eigenvalue weighted by Gasteiger charge is 2.23. The monoisotopic (exact) mass is 382 g/mol. The van der Waals surface area contributed by atoms with Crippen LogP contribution >= 0.6 is 11.6 Å². The zero-order valence-electron chi connectivity index (χ0n) is 13.3. The summed E-state index contributed by atoms with van der Waals surface area (Å²) in [6, 6.07) is 11.1. The van der Waals surface area contributed by atoms with E-state index in [2.05, 4.69) is 0 Å². The number of fused-ring (bicyclic) bond motifs is 1. The second-order valence-corrected chi connectivity index (χ2v) is 7.93. The number of halogens is 1. The molecule has 0 saturated carbocycles. The van der Waals surface area contributed by atoms with Crippen LogP contribution in [0.5, 0.6) is 11.5 Å². The van der Waals surface area contributed by atoms with E-state index >= 15 is 0 Å². The maximum absolute atomic E-state index is 12.2. The molecular formula is C17H15ClO6S. The van der Waals surface area contributed by atoms with Gasteiger partial charge in [-0.3, -0.25) is 0 Å². The minimum atomic E-state index is -3.46. The third-order valence-electron chi connectivity index (χ3n) is 3.55. The molecule has 132 valence electrons. The highest BCUT2D eigenvalue weighted by Crippen LogP contribution is 2.31. The number of para-hydroxylation sites is 2. The smallest absolute Gasteiger partial charge is 0.339 e. The first-order valence-electron chi connectivity index (χ1n) is 7.40. The molecule has 0 saturated heterocycles. The molecule has 1 heterocycles. The number of sulfone groups is 1. The first kappa shape index (κ1) is 17.6. The summed E-state index contributed by atoms with van der Waals surface area (Å²) in [6.45, 7) is 0.188. The van der Waals surface area contributed by atoms with Crippen LogP contribution in [-0.4, -0.2) is 40.0 Å². The highest BCUT2D eigenvalue weighted by atomic mass is 35.5. The first-order chi connectivity index (χ1) is 11.8. The molecule has 0 bridgehead atoms. The van der Waals surface area contributed by atoms with E-state index in [4.69, 9.17) is 25.8 Å². The number of hydrogen-bond donors (Lipinski definition) is 0. The van der Waals surface area contributed by atoms with E-state index < -0.39 is 21.9 Å². The summed E-state index contributed by atoms with van der Waals surface area (Å²) < 4.78 is 39.7. The zero-order valence-corrected chi connectivity index (χ0v) is 14.8. The molecule has 1 aliphatic rings. The third kappa shape index (κ3) is 4.05. The first-order valence-corrected chi connectivity index (χ1v) is 9.67. The van der Waals surface area contributed by atoms with Gasteiger partial charge in [0.1, 0.15) is 13.2 Å². The Morgan fingerprint density at radius 3 is 2.68 bits per heavy atom. The molecule has 0 aromatic heterocycles. The van der Waals surface area contributed by atoms with Gasteiger partial charge in [0.05, 0.1) is 15.5 Å². The van der Waals surface area contributed by atoms with Crippen molar-refractivity contribution in [2.24, 2.45) is 0 Å². The Hall–Kier alpha value is -2.25. The van der Waals surface area contributed by atoms with Crippen molar-refractivity contribution in [3.63, 3.8) is 0 Å². The number of rotatable bonds is 4. The van der Waals surface area contributed by atoms with Crippen molar-refractivity contribution >= 4 is 27.4 Å². The Bertz CT molecular complexity index is 909. The predicted molar refractivity (Wildman–Crippen MR) is 91.2 cm³/mol. The molecule has 0 N–H and O–H groups in total. The average molecular weight is 383 g/mol. The quantitative estimate of drug-likeness (QED) is 0.756. The van der Waals surface area contributed by atoms with Gasteiger partial charge >= 0.3 is 5.97 Å². The fourth-order valence-corrected chi connectivity index (χ4v) is 3.12. The lowest BCUT2D eigenvalue weighted by Gasteiger charge is -2.26. The molecule has 8 heteroatoms. The molecule has 1 atom stereocenters. The molecular weight excluding hydrogens is 368 g/mol. The Morgan fingerprint density at radius 2 is 1.96 bits per heavy atom. The topological polar surface area (TPSA) is 78.9 Å². The number of benzene rings is 2. The maximum Gasteiger partial charge on any atom is 0.339 e. The van der Waals surface area contributed by atoms with Crippen LogP contribution in [0.2, 0.25) is 5.02 Å². The number of carbonyl (C=O) groups is 1. The Labute approximate surface area is 150 Å². The predicted octanol–water partition coefficient (Wildman–Crippen LogP) is 2.74. The third-order valence-corrected chi connectivity index (χ3v) is 4.99. The summed E-state index contributed by atoms with van der Waals surface area (Å²) in [5.74, 6) is 0.485. The van der Waals surface area contributed by atoms with E-state index in [9.17, 15) is 13.2 Å². The molecule has 0 unspecified atom stereocenters. The molecule has 0 radical (unpaired) electrons. The van der Waals surface area contributed by atoms with Crippen LogP contribution < -0.4 is 9.47 Å². The lowest BCUT2D eigenvalue weighted by atomic mass is 10.2. The van der Waals surface area contributed by atoms with Gasteiger partial charge in [-0.25, -0.2) is 13.2 Å². The lowest BCUT2D eigenvalue weighted by Crippen LogP contribution is -2.34. The summed E-state index contributed by atoms with van der Waals surface area (Å²) in [6.07, 6.45) is 0.589. The normalized spacial score (nSPS) is 16.3. The Morgan fingerprint density at radius 1 is 1.24 bits per heavy atom. The lowest BCUT2D eigenvalue weighted by molar-refractivity contribution is 0.0109. The minimum Gasteiger partial charge on any atom is -0.486 e. The summed E-state index contributed by atoms with van der Waals surface area (Å²) >= 11 is 5.98. The summed E-state index contributed by atoms with van der Waals surface area (Å²) in [5, 5.41) is 0.114. The molecule has 2 aromatic rings. The van der Waals surface area contributed by atoms with E-state index in [0.717, 1.165) is 6.26 Å². The van der Waals surface area contributed by atoms with Gasteiger partial charge in [-0.05, 0) is 30.3 Å². The Kier molecular flexibility index (Phi) is 4.87. The molecule has 0 spiro atoms. The molecule has 6 nitrogen and oxygen atoms in total. The van der Waals surface area contributed by atoms with Gasteiger partial charge in [0, 0.05) is 6.26 Å². The Balaban J connectivity index is 1.68. The van der Waals surface area contributed by atoms with E-state index in [1.165, 1.54) is 18.2 Å². The van der Waals surface area contributed by atoms with Gasteiger partial charge in [0.2, 0.25) is 0 Å². The number of ether oxygens (including phenoxy) is 3. The fourth-order valence-electron chi connectivity index (χ4n) is 2.28. The summed E-state index contributed by atoms with van der Waals surface area (Å²) in [4.78, 5) is 12.2. The van der Waals surface area contributed by atoms with Crippen LogP contribution in [0.3, 0.4) is 0 Å². The standard InChI is InChI=1S/C17H15ClO6S/c1-25(20,21)12-6-7-14(18)13(8-12)17(19)23-10-11-9-22-15-4-2-3-5-16(15)24-11/h2-8,11H,9-10H2,1H3/t11-/m1/s1. The van der Waals surface area contributed by atoms with Crippen LogP contribution in [-0.2, 0) is 14.6 Å². The van der Waals surface area contributed by atoms with Crippen LogP contribution in [0.15, 0.2) is 47.4 Å². The van der Waals surface area contributed by atoms with Crippen LogP contribution in [0.25, 0.3) is 0 Å². The highest BCUT2D eigenvalue weighted by molar-refractivity contribution is 7.90. The van der Waals surface area contributed by atoms with Crippen molar-refractivity contribution in [2.45, 2.75) is 11.0 Å². The number of hydrogen-bond acceptors (Lipinski definition) is 6. The molecule has 0 fully saturated rings. The van der Waals surface area contributed by atoms with Gasteiger partial charge in [-0.2, -0.15) is 0 Å². The molecule has 25 heavy (non-hydrogen) atoms. The largest absolute Gasteiger partial charge is 0.486 e. The molecule has 0 amide bonds. The van der Waals surface area contributed by atoms with Crippen molar-refractivity contribution in [1.29, 1.82) is 0 Å². The molecule has 1 aliphatic heterocycles. The van der Waals surface area contributed by atoms with Gasteiger partial charge in [0.15, 0.2) is 27.4 Å². The van der Waals surface area contributed by atoms with Crippen molar-refractivity contribution in [2.75, 3.05) is 19.5 Å². The van der Waals surface area contributed by atoms with Crippen molar-refractivity contribution < 1.29 is 27.4 Å². The summed E-state index contributed by atoms with van der Waals surface area (Å²) in [7, 11) is -3.46. The fraction of sp³-hybridized carbons (Fsp3) is 0.235. The molecule has 3 rings (SSSR count). The van der Waals surface area contributed by atoms with Crippen LogP contribution in [0.1, 0.15) is 10.4 Å². The minimum absolute atomic E-state index is 0.00460. The van der Waals surface area contributed by atoms with Crippen LogP contribution in [0.4, 0.5) is 0 Å². The SMILES string of the molecule is CS(=O)(=O)c1ccc(Cl)c(C(=O)OC[C@H]2COc3ccccc3O2)c1. The van der Waals surface area contributed by atoms with Crippen molar-refractivity contribution in [1.82, 2.24) is 0 Å². The van der Waals surface area contributed by atoms with Gasteiger partial charge in [0.25, 0.3) is 0 Å². The summed E-state index contributed by atoms with van der Waals surface area (Å²) in [5.41, 5.74) is -0.0123. The van der Waals surface area contributed by atoms with E-state index in [-0.39, 0.29) is 28.7 Å². The number of esters is 1. The molecule has 0 aliphatic carbocycles. The average Bonchev–Trinajstić information content (AvgIpc) is 2.59. The molecule has 2 aromatic carbocycles. The van der Waals surface area contributed by atoms with Gasteiger partial charge in [-0.1, -0.05) is 23.7 Å². The zero-order chi connectivity index (χ0) is 18.0. The van der Waals surface area contributed by atoms with Gasteiger partial charge < -0.3 is 14.2 Å². The van der Waals surface area contributed by atoms with E-state index in [0.29, 0.717) is 11.5 Å². The van der Waals surface area contributed by atoms with Gasteiger partial charge in [-0.15, -0.1) is 0 Å². The van der Waals surface area contributed by atoms with Crippen molar-refractivity contribution in [3.05, 3.63) is 53.1 Å². The van der Waals surface area contributed by atoms with E-state index in [1.54, 1.807) is 12.1 Å². The van der Waals surface area contributed by atoms with Crippen molar-refractivity contribution in [3.8, 4) is 11.5 Å². The maximum atomic E-state index is 12.2. The van der Waals surface area contributed by atoms with Crippen LogP contribution in [0, 0.1) is 0 Å². The second-order valence-electron chi connectivity index (χ2n) is 5.51. The second kappa shape index (κ2) is 6.93. The number of carbonyl (C=O) groups excluding carboxylic acids is 1.